The van der Waals surface area contributed by atoms with Crippen molar-refractivity contribution in [2.75, 3.05) is 7.05 Å². The second kappa shape index (κ2) is 6.84. The second-order valence-corrected chi connectivity index (χ2v) is 9.56. The van der Waals surface area contributed by atoms with E-state index in [1.807, 2.05) is 26.0 Å². The Morgan fingerprint density at radius 3 is 2.29 bits per heavy atom. The van der Waals surface area contributed by atoms with E-state index in [1.165, 1.54) is 20.0 Å². The summed E-state index contributed by atoms with van der Waals surface area (Å²) in [6.07, 6.45) is 0. The normalized spacial score (nSPS) is 24.3. The van der Waals surface area contributed by atoms with Crippen molar-refractivity contribution in [3.05, 3.63) is 70.8 Å². The fourth-order valence-corrected chi connectivity index (χ4v) is 5.55. The molecule has 0 amide bonds. The van der Waals surface area contributed by atoms with Crippen molar-refractivity contribution >= 4 is 16.0 Å². The largest absolute Gasteiger partial charge is 0.345 e. The number of nitrogens with one attached hydrogen (secondary N) is 2. The highest BCUT2D eigenvalue weighted by atomic mass is 32.2. The zero-order valence-corrected chi connectivity index (χ0v) is 16.9. The molecule has 1 fully saturated rings. The first-order valence-corrected chi connectivity index (χ1v) is 10.4. The Balaban J connectivity index is 2.24. The molecule has 2 atom stereocenters. The number of halogens is 2. The molecule has 2 aromatic rings. The molecular weight excluding hydrogens is 384 g/mol. The second-order valence-electron chi connectivity index (χ2n) is 7.51. The molecule has 1 saturated heterocycles. The number of benzene rings is 2. The maximum atomic E-state index is 14.7. The molecule has 1 aliphatic heterocycles. The Hall–Kier alpha value is -2.48. The molecule has 1 heterocycles. The average Bonchev–Trinajstić information content (AvgIpc) is 2.60. The first-order chi connectivity index (χ1) is 13.0. The number of sulfonamides is 1. The molecule has 0 unspecified atom stereocenters. The summed E-state index contributed by atoms with van der Waals surface area (Å²) < 4.78 is 55.5. The topological polar surface area (TPSA) is 73.3 Å². The average molecular weight is 407 g/mol. The molecule has 0 saturated carbocycles. The molecule has 150 valence electrons. The van der Waals surface area contributed by atoms with Crippen LogP contribution < -0.4 is 5.32 Å². The van der Waals surface area contributed by atoms with Gasteiger partial charge in [-0.3, -0.25) is 5.41 Å². The third-order valence-electron chi connectivity index (χ3n) is 5.29. The lowest BCUT2D eigenvalue weighted by Crippen LogP contribution is -2.62. The van der Waals surface area contributed by atoms with Gasteiger partial charge in [-0.05, 0) is 30.0 Å². The molecule has 0 aromatic heterocycles. The van der Waals surface area contributed by atoms with Gasteiger partial charge in [-0.25, -0.2) is 21.5 Å². The predicted octanol–water partition coefficient (Wildman–Crippen LogP) is 3.84. The molecule has 2 aromatic carbocycles. The van der Waals surface area contributed by atoms with Crippen LogP contribution >= 0.6 is 0 Å². The molecule has 0 radical (unpaired) electrons. The Bertz CT molecular complexity index is 1020. The van der Waals surface area contributed by atoms with Crippen LogP contribution in [0.15, 0.2) is 42.5 Å². The number of guanidine groups is 1. The highest BCUT2D eigenvalue weighted by Crippen LogP contribution is 2.45. The Morgan fingerprint density at radius 2 is 1.75 bits per heavy atom. The van der Waals surface area contributed by atoms with Crippen LogP contribution in [-0.2, 0) is 15.6 Å². The van der Waals surface area contributed by atoms with Gasteiger partial charge in [-0.2, -0.15) is 0 Å². The first-order valence-electron chi connectivity index (χ1n) is 8.88. The Labute approximate surface area is 163 Å². The molecule has 0 bridgehead atoms. The van der Waals surface area contributed by atoms with Crippen molar-refractivity contribution in [2.24, 2.45) is 0 Å². The summed E-state index contributed by atoms with van der Waals surface area (Å²) in [5, 5.41) is 9.67. The summed E-state index contributed by atoms with van der Waals surface area (Å²) >= 11 is 0. The van der Waals surface area contributed by atoms with Crippen LogP contribution in [0.2, 0.25) is 0 Å². The monoisotopic (exact) mass is 407 g/mol. The van der Waals surface area contributed by atoms with Crippen LogP contribution in [0, 0.1) is 17.0 Å². The van der Waals surface area contributed by atoms with Gasteiger partial charge in [0, 0.05) is 18.7 Å². The van der Waals surface area contributed by atoms with Gasteiger partial charge in [0.25, 0.3) is 0 Å². The van der Waals surface area contributed by atoms with Crippen LogP contribution in [0.25, 0.3) is 0 Å². The van der Waals surface area contributed by atoms with Crippen molar-refractivity contribution in [3.63, 3.8) is 0 Å². The van der Waals surface area contributed by atoms with Gasteiger partial charge in [0.2, 0.25) is 16.0 Å². The maximum absolute atomic E-state index is 14.7. The summed E-state index contributed by atoms with van der Waals surface area (Å²) in [4.78, 5) is 0. The maximum Gasteiger partial charge on any atom is 0.246 e. The lowest BCUT2D eigenvalue weighted by atomic mass is 9.84. The van der Waals surface area contributed by atoms with E-state index in [0.29, 0.717) is 5.56 Å². The van der Waals surface area contributed by atoms with Gasteiger partial charge < -0.3 is 5.32 Å². The van der Waals surface area contributed by atoms with Crippen LogP contribution in [-0.4, -0.2) is 25.7 Å². The van der Waals surface area contributed by atoms with E-state index in [2.05, 4.69) is 5.32 Å². The van der Waals surface area contributed by atoms with Crippen molar-refractivity contribution < 1.29 is 17.2 Å². The zero-order valence-electron chi connectivity index (χ0n) is 16.1. The standard InChI is InChI=1S/C20H23F2N3O2S/c1-12(2)13-5-7-14(8-6-13)18-20(3,16-10-9-15(21)11-17(16)22)24-19(23)25(4)28(18,26)27/h5-12,18H,1-4H3,(H2,23,24)/t18-,20+/m0/s1. The van der Waals surface area contributed by atoms with Crippen LogP contribution in [0.1, 0.15) is 48.6 Å². The van der Waals surface area contributed by atoms with Crippen molar-refractivity contribution in [1.29, 1.82) is 5.41 Å². The highest BCUT2D eigenvalue weighted by Gasteiger charge is 2.53. The lowest BCUT2D eigenvalue weighted by molar-refractivity contribution is 0.344. The molecule has 0 aliphatic carbocycles. The summed E-state index contributed by atoms with van der Waals surface area (Å²) in [5.41, 5.74) is -0.0176. The highest BCUT2D eigenvalue weighted by molar-refractivity contribution is 7.90. The minimum Gasteiger partial charge on any atom is -0.345 e. The van der Waals surface area contributed by atoms with E-state index < -0.39 is 32.4 Å². The van der Waals surface area contributed by atoms with Gasteiger partial charge in [0.15, 0.2) is 0 Å². The van der Waals surface area contributed by atoms with Crippen LogP contribution in [0.3, 0.4) is 0 Å². The zero-order chi connectivity index (χ0) is 20.9. The Kier molecular flexibility index (Phi) is 4.95. The number of rotatable bonds is 3. The molecule has 8 heteroatoms. The molecule has 0 spiro atoms. The minimum absolute atomic E-state index is 0.0201. The van der Waals surface area contributed by atoms with Crippen molar-refractivity contribution in [3.8, 4) is 0 Å². The van der Waals surface area contributed by atoms with E-state index in [9.17, 15) is 17.2 Å². The predicted molar refractivity (Wildman–Crippen MR) is 105 cm³/mol. The minimum atomic E-state index is -4.03. The molecular formula is C20H23F2N3O2S. The third kappa shape index (κ3) is 3.15. The number of hydrogen-bond donors (Lipinski definition) is 2. The van der Waals surface area contributed by atoms with Gasteiger partial charge in [-0.1, -0.05) is 44.2 Å². The Morgan fingerprint density at radius 1 is 1.14 bits per heavy atom. The van der Waals surface area contributed by atoms with E-state index in [4.69, 9.17) is 5.41 Å². The van der Waals surface area contributed by atoms with E-state index in [-0.39, 0.29) is 17.4 Å². The molecule has 2 N–H and O–H groups in total. The quantitative estimate of drug-likeness (QED) is 0.812. The summed E-state index contributed by atoms with van der Waals surface area (Å²) in [7, 11) is -2.76. The lowest BCUT2D eigenvalue weighted by Gasteiger charge is -2.46. The van der Waals surface area contributed by atoms with Gasteiger partial charge in [0.1, 0.15) is 16.9 Å². The summed E-state index contributed by atoms with van der Waals surface area (Å²) in [5.74, 6) is -1.73. The number of nitrogens with zero attached hydrogens (tertiary/aromatic N) is 1. The van der Waals surface area contributed by atoms with E-state index in [1.54, 1.807) is 12.1 Å². The van der Waals surface area contributed by atoms with Crippen LogP contribution in [0.5, 0.6) is 0 Å². The van der Waals surface area contributed by atoms with Crippen molar-refractivity contribution in [1.82, 2.24) is 9.62 Å². The van der Waals surface area contributed by atoms with E-state index in [0.717, 1.165) is 22.0 Å². The van der Waals surface area contributed by atoms with Crippen LogP contribution in [0.4, 0.5) is 8.78 Å². The first kappa shape index (κ1) is 20.3. The van der Waals surface area contributed by atoms with E-state index >= 15 is 0 Å². The molecule has 3 rings (SSSR count). The molecule has 28 heavy (non-hydrogen) atoms. The summed E-state index contributed by atoms with van der Waals surface area (Å²) in [6.45, 7) is 5.57. The smallest absolute Gasteiger partial charge is 0.246 e. The fraction of sp³-hybridized carbons (Fsp3) is 0.350. The van der Waals surface area contributed by atoms with Gasteiger partial charge >= 0.3 is 0 Å². The molecule has 1 aliphatic rings. The SMILES string of the molecule is CC(C)c1ccc([C@H]2[C@@](C)(c3ccc(F)cc3F)NC(=N)N(C)S2(=O)=O)cc1. The van der Waals surface area contributed by atoms with Crippen molar-refractivity contribution in [2.45, 2.75) is 37.5 Å². The van der Waals surface area contributed by atoms with Gasteiger partial charge in [-0.15, -0.1) is 0 Å². The summed E-state index contributed by atoms with van der Waals surface area (Å²) in [6, 6.07) is 10.1. The van der Waals surface area contributed by atoms with Gasteiger partial charge in [0.05, 0.1) is 5.54 Å². The number of hydrogen-bond acceptors (Lipinski definition) is 3. The third-order valence-corrected chi connectivity index (χ3v) is 7.58. The fourth-order valence-electron chi connectivity index (χ4n) is 3.65. The molecule has 5 nitrogen and oxygen atoms in total.